The molecule has 3 aromatic rings. The number of hydrogen-bond donors (Lipinski definition) is 0. The third kappa shape index (κ3) is 4.14. The third-order valence-corrected chi connectivity index (χ3v) is 6.44. The first kappa shape index (κ1) is 22.1. The number of nitrogens with zero attached hydrogens (tertiary/aromatic N) is 5. The van der Waals surface area contributed by atoms with E-state index in [1.54, 1.807) is 33.7 Å². The molecule has 0 N–H and O–H groups in total. The van der Waals surface area contributed by atoms with Crippen molar-refractivity contribution in [1.82, 2.24) is 24.8 Å². The summed E-state index contributed by atoms with van der Waals surface area (Å²) < 4.78 is 13.1. The van der Waals surface area contributed by atoms with Gasteiger partial charge in [0.1, 0.15) is 11.9 Å². The molecule has 9 heteroatoms. The fourth-order valence-electron chi connectivity index (χ4n) is 4.41. The van der Waals surface area contributed by atoms with Crippen molar-refractivity contribution in [2.24, 2.45) is 0 Å². The van der Waals surface area contributed by atoms with Crippen molar-refractivity contribution >= 4 is 11.8 Å². The average Bonchev–Trinajstić information content (AvgIpc) is 3.31. The molecule has 0 spiro atoms. The summed E-state index contributed by atoms with van der Waals surface area (Å²) in [5.41, 5.74) is 3.82. The molecule has 1 saturated heterocycles. The van der Waals surface area contributed by atoms with Crippen LogP contribution >= 0.6 is 0 Å². The lowest BCUT2D eigenvalue weighted by Crippen LogP contribution is -2.50. The Hall–Kier alpha value is -3.72. The summed E-state index contributed by atoms with van der Waals surface area (Å²) in [5.74, 6) is 0.273. The van der Waals surface area contributed by atoms with Gasteiger partial charge in [0.2, 0.25) is 0 Å². The van der Waals surface area contributed by atoms with Crippen molar-refractivity contribution in [3.63, 3.8) is 0 Å². The summed E-state index contributed by atoms with van der Waals surface area (Å²) in [6, 6.07) is 15.4. The van der Waals surface area contributed by atoms with E-state index in [1.165, 1.54) is 5.56 Å². The van der Waals surface area contributed by atoms with Crippen molar-refractivity contribution < 1.29 is 19.1 Å². The molecule has 0 aliphatic carbocycles. The van der Waals surface area contributed by atoms with E-state index in [-0.39, 0.29) is 24.5 Å². The van der Waals surface area contributed by atoms with Crippen LogP contribution in [0.2, 0.25) is 0 Å². The highest BCUT2D eigenvalue weighted by molar-refractivity contribution is 5.97. The van der Waals surface area contributed by atoms with Crippen LogP contribution in [-0.4, -0.2) is 69.9 Å². The first-order valence-corrected chi connectivity index (χ1v) is 11.4. The first-order valence-electron chi connectivity index (χ1n) is 11.4. The minimum absolute atomic E-state index is 0.0962. The van der Waals surface area contributed by atoms with Gasteiger partial charge in [0.25, 0.3) is 11.8 Å². The summed E-state index contributed by atoms with van der Waals surface area (Å²) in [7, 11) is 1.55. The SMILES string of the molecule is COc1ccccc1C(=O)N1CCN(C(=O)c2nnn3c2CO[C@@H](c2ccc(C)cc2)C3)CC1. The number of rotatable bonds is 4. The number of piperazine rings is 1. The minimum Gasteiger partial charge on any atom is -0.496 e. The van der Waals surface area contributed by atoms with E-state index < -0.39 is 0 Å². The second-order valence-corrected chi connectivity index (χ2v) is 8.56. The number of para-hydroxylation sites is 1. The predicted octanol–water partition coefficient (Wildman–Crippen LogP) is 2.46. The molecule has 2 aliphatic rings. The molecule has 2 aliphatic heterocycles. The van der Waals surface area contributed by atoms with Gasteiger partial charge < -0.3 is 19.3 Å². The Bertz CT molecular complexity index is 1200. The lowest BCUT2D eigenvalue weighted by molar-refractivity contribution is -0.00203. The number of aryl methyl sites for hydroxylation is 1. The largest absolute Gasteiger partial charge is 0.496 e. The van der Waals surface area contributed by atoms with Crippen LogP contribution in [0.4, 0.5) is 0 Å². The van der Waals surface area contributed by atoms with E-state index >= 15 is 0 Å². The van der Waals surface area contributed by atoms with E-state index in [1.807, 2.05) is 19.1 Å². The van der Waals surface area contributed by atoms with Gasteiger partial charge in [-0.1, -0.05) is 47.2 Å². The van der Waals surface area contributed by atoms with Gasteiger partial charge >= 0.3 is 0 Å². The monoisotopic (exact) mass is 461 g/mol. The Balaban J connectivity index is 1.23. The summed E-state index contributed by atoms with van der Waals surface area (Å²) >= 11 is 0. The molecule has 2 aromatic carbocycles. The van der Waals surface area contributed by atoms with Crippen molar-refractivity contribution in [3.05, 3.63) is 76.6 Å². The van der Waals surface area contributed by atoms with Gasteiger partial charge in [0.05, 0.1) is 31.5 Å². The number of fused-ring (bicyclic) bond motifs is 1. The average molecular weight is 462 g/mol. The van der Waals surface area contributed by atoms with Crippen LogP contribution in [-0.2, 0) is 17.9 Å². The van der Waals surface area contributed by atoms with Crippen molar-refractivity contribution in [2.75, 3.05) is 33.3 Å². The van der Waals surface area contributed by atoms with E-state index in [0.29, 0.717) is 55.4 Å². The maximum Gasteiger partial charge on any atom is 0.276 e. The van der Waals surface area contributed by atoms with Gasteiger partial charge in [0.15, 0.2) is 5.69 Å². The highest BCUT2D eigenvalue weighted by Crippen LogP contribution is 2.28. The molecule has 9 nitrogen and oxygen atoms in total. The molecule has 0 unspecified atom stereocenters. The molecule has 176 valence electrons. The summed E-state index contributed by atoms with van der Waals surface area (Å²) in [5, 5.41) is 8.41. The highest BCUT2D eigenvalue weighted by atomic mass is 16.5. The Kier molecular flexibility index (Phi) is 6.02. The quantitative estimate of drug-likeness (QED) is 0.593. The number of ether oxygens (including phenoxy) is 2. The molecule has 2 amide bonds. The van der Waals surface area contributed by atoms with Gasteiger partial charge in [-0.3, -0.25) is 9.59 Å². The third-order valence-electron chi connectivity index (χ3n) is 6.44. The zero-order valence-electron chi connectivity index (χ0n) is 19.3. The maximum absolute atomic E-state index is 13.2. The Morgan fingerprint density at radius 2 is 1.65 bits per heavy atom. The number of amides is 2. The van der Waals surface area contributed by atoms with Crippen LogP contribution in [0.25, 0.3) is 0 Å². The van der Waals surface area contributed by atoms with Gasteiger partial charge in [-0.2, -0.15) is 0 Å². The van der Waals surface area contributed by atoms with E-state index in [2.05, 4.69) is 34.6 Å². The van der Waals surface area contributed by atoms with Gasteiger partial charge in [-0.05, 0) is 24.6 Å². The number of aromatic nitrogens is 3. The molecular weight excluding hydrogens is 434 g/mol. The molecule has 0 saturated carbocycles. The maximum atomic E-state index is 13.2. The standard InChI is InChI=1S/C25H27N5O4/c1-17-7-9-18(10-8-17)22-15-30-20(16-34-22)23(26-27-30)25(32)29-13-11-28(12-14-29)24(31)19-5-3-4-6-21(19)33-2/h3-10,22H,11-16H2,1-2H3/t22-/m1/s1. The van der Waals surface area contributed by atoms with E-state index in [0.717, 1.165) is 5.56 Å². The zero-order chi connectivity index (χ0) is 23.7. The minimum atomic E-state index is -0.178. The number of hydrogen-bond acceptors (Lipinski definition) is 6. The molecule has 1 fully saturated rings. The predicted molar refractivity (Wildman–Crippen MR) is 124 cm³/mol. The lowest BCUT2D eigenvalue weighted by atomic mass is 10.1. The van der Waals surface area contributed by atoms with Gasteiger partial charge in [-0.15, -0.1) is 5.10 Å². The number of carbonyl (C=O) groups excluding carboxylic acids is 2. The van der Waals surface area contributed by atoms with E-state index in [4.69, 9.17) is 9.47 Å². The molecule has 0 bridgehead atoms. The Labute approximate surface area is 197 Å². The molecule has 1 aromatic heterocycles. The second-order valence-electron chi connectivity index (χ2n) is 8.56. The van der Waals surface area contributed by atoms with Crippen LogP contribution < -0.4 is 4.74 Å². The summed E-state index contributed by atoms with van der Waals surface area (Å²) in [4.78, 5) is 29.6. The van der Waals surface area contributed by atoms with E-state index in [9.17, 15) is 9.59 Å². The number of benzene rings is 2. The first-order chi connectivity index (χ1) is 16.5. The summed E-state index contributed by atoms with van der Waals surface area (Å²) in [6.45, 7) is 4.58. The zero-order valence-corrected chi connectivity index (χ0v) is 19.3. The molecule has 5 rings (SSSR count). The Morgan fingerprint density at radius 3 is 2.35 bits per heavy atom. The normalized spacial score (nSPS) is 17.9. The number of carbonyl (C=O) groups is 2. The number of methoxy groups -OCH3 is 1. The molecule has 34 heavy (non-hydrogen) atoms. The van der Waals surface area contributed by atoms with Crippen LogP contribution in [0.3, 0.4) is 0 Å². The fourth-order valence-corrected chi connectivity index (χ4v) is 4.41. The fraction of sp³-hybridized carbons (Fsp3) is 0.360. The summed E-state index contributed by atoms with van der Waals surface area (Å²) in [6.07, 6.45) is -0.123. The van der Waals surface area contributed by atoms with Gasteiger partial charge in [-0.25, -0.2) is 4.68 Å². The van der Waals surface area contributed by atoms with Crippen molar-refractivity contribution in [1.29, 1.82) is 0 Å². The molecule has 0 radical (unpaired) electrons. The van der Waals surface area contributed by atoms with Crippen LogP contribution in [0.5, 0.6) is 5.75 Å². The van der Waals surface area contributed by atoms with Crippen LogP contribution in [0.1, 0.15) is 43.8 Å². The molecule has 1 atom stereocenters. The van der Waals surface area contributed by atoms with Gasteiger partial charge in [0, 0.05) is 26.2 Å². The Morgan fingerprint density at radius 1 is 0.971 bits per heavy atom. The molecular formula is C25H27N5O4. The smallest absolute Gasteiger partial charge is 0.276 e. The topological polar surface area (TPSA) is 89.8 Å². The van der Waals surface area contributed by atoms with Crippen molar-refractivity contribution in [2.45, 2.75) is 26.2 Å². The van der Waals surface area contributed by atoms with Crippen LogP contribution in [0.15, 0.2) is 48.5 Å². The van der Waals surface area contributed by atoms with Crippen LogP contribution in [0, 0.1) is 6.92 Å². The second kappa shape index (κ2) is 9.26. The lowest BCUT2D eigenvalue weighted by Gasteiger charge is -2.34. The highest BCUT2D eigenvalue weighted by Gasteiger charge is 2.32. The molecule has 3 heterocycles. The van der Waals surface area contributed by atoms with Crippen molar-refractivity contribution in [3.8, 4) is 5.75 Å².